The molecule has 0 radical (unpaired) electrons. The molecule has 1 saturated heterocycles. The van der Waals surface area contributed by atoms with Gasteiger partial charge in [0.1, 0.15) is 0 Å². The lowest BCUT2D eigenvalue weighted by molar-refractivity contribution is -0.138. The second-order valence-electron chi connectivity index (χ2n) is 4.97. The van der Waals surface area contributed by atoms with Gasteiger partial charge >= 0.3 is 0 Å². The molecule has 2 rings (SSSR count). The number of nitrogen functional groups attached to an aromatic ring is 1. The van der Waals surface area contributed by atoms with Gasteiger partial charge in [-0.05, 0) is 30.5 Å². The molecule has 0 spiro atoms. The Morgan fingerprint density at radius 2 is 2.11 bits per heavy atom. The molecule has 1 atom stereocenters. The Morgan fingerprint density at radius 1 is 1.42 bits per heavy atom. The number of rotatable bonds is 3. The van der Waals surface area contributed by atoms with Crippen molar-refractivity contribution in [3.63, 3.8) is 0 Å². The standard InChI is InChI=1S/C14H19N3O2/c1-10-3-2-8-17(14(10)19)9-11-4-6-12(7-5-11)13(18)16-15/h4-7,10H,2-3,8-9,15H2,1H3,(H,16,18). The normalized spacial score (nSPS) is 19.4. The largest absolute Gasteiger partial charge is 0.338 e. The number of piperidine rings is 1. The van der Waals surface area contributed by atoms with Gasteiger partial charge in [-0.1, -0.05) is 19.1 Å². The number of carbonyl (C=O) groups excluding carboxylic acids is 2. The van der Waals surface area contributed by atoms with Crippen LogP contribution in [0.2, 0.25) is 0 Å². The van der Waals surface area contributed by atoms with Gasteiger partial charge in [0.05, 0.1) is 0 Å². The zero-order valence-electron chi connectivity index (χ0n) is 11.1. The fourth-order valence-corrected chi connectivity index (χ4v) is 2.36. The number of nitrogens with zero attached hydrogens (tertiary/aromatic N) is 1. The number of hydrogen-bond donors (Lipinski definition) is 2. The maximum Gasteiger partial charge on any atom is 0.265 e. The minimum atomic E-state index is -0.311. The van der Waals surface area contributed by atoms with Crippen LogP contribution < -0.4 is 11.3 Å². The second kappa shape index (κ2) is 5.84. The average molecular weight is 261 g/mol. The van der Waals surface area contributed by atoms with Gasteiger partial charge < -0.3 is 4.90 Å². The molecule has 1 fully saturated rings. The summed E-state index contributed by atoms with van der Waals surface area (Å²) < 4.78 is 0. The molecule has 1 aliphatic rings. The van der Waals surface area contributed by atoms with Crippen LogP contribution in [0.3, 0.4) is 0 Å². The second-order valence-corrected chi connectivity index (χ2v) is 4.97. The zero-order chi connectivity index (χ0) is 13.8. The highest BCUT2D eigenvalue weighted by atomic mass is 16.2. The molecule has 102 valence electrons. The van der Waals surface area contributed by atoms with E-state index >= 15 is 0 Å². The Labute approximate surface area is 112 Å². The maximum absolute atomic E-state index is 12.0. The number of amides is 2. The highest BCUT2D eigenvalue weighted by molar-refractivity contribution is 5.93. The molecule has 0 aromatic heterocycles. The van der Waals surface area contributed by atoms with Crippen LogP contribution in [0, 0.1) is 5.92 Å². The number of hydrogen-bond acceptors (Lipinski definition) is 3. The van der Waals surface area contributed by atoms with E-state index < -0.39 is 0 Å². The Hall–Kier alpha value is -1.88. The smallest absolute Gasteiger partial charge is 0.265 e. The van der Waals surface area contributed by atoms with Gasteiger partial charge in [-0.25, -0.2) is 5.84 Å². The highest BCUT2D eigenvalue weighted by Gasteiger charge is 2.24. The molecule has 5 nitrogen and oxygen atoms in total. The van der Waals surface area contributed by atoms with Crippen molar-refractivity contribution in [2.75, 3.05) is 6.54 Å². The molecule has 1 unspecified atom stereocenters. The predicted molar refractivity (Wildman–Crippen MR) is 71.9 cm³/mol. The molecule has 0 saturated carbocycles. The first-order chi connectivity index (χ1) is 9.11. The lowest BCUT2D eigenvalue weighted by atomic mass is 9.98. The first-order valence-corrected chi connectivity index (χ1v) is 6.50. The lowest BCUT2D eigenvalue weighted by Crippen LogP contribution is -2.39. The summed E-state index contributed by atoms with van der Waals surface area (Å²) in [4.78, 5) is 25.2. The quantitative estimate of drug-likeness (QED) is 0.485. The molecule has 1 aromatic rings. The van der Waals surface area contributed by atoms with Crippen molar-refractivity contribution in [3.8, 4) is 0 Å². The van der Waals surface area contributed by atoms with Crippen molar-refractivity contribution < 1.29 is 9.59 Å². The van der Waals surface area contributed by atoms with Gasteiger partial charge in [-0.2, -0.15) is 0 Å². The van der Waals surface area contributed by atoms with Crippen LogP contribution in [0.15, 0.2) is 24.3 Å². The van der Waals surface area contributed by atoms with E-state index in [2.05, 4.69) is 5.43 Å². The SMILES string of the molecule is CC1CCCN(Cc2ccc(C(=O)NN)cc2)C1=O. The third kappa shape index (κ3) is 3.12. The Morgan fingerprint density at radius 3 is 2.74 bits per heavy atom. The maximum atomic E-state index is 12.0. The molecule has 19 heavy (non-hydrogen) atoms. The van der Waals surface area contributed by atoms with Crippen molar-refractivity contribution in [1.82, 2.24) is 10.3 Å². The highest BCUT2D eigenvalue weighted by Crippen LogP contribution is 2.19. The van der Waals surface area contributed by atoms with Crippen LogP contribution in [0.5, 0.6) is 0 Å². The molecule has 1 aliphatic heterocycles. The van der Waals surface area contributed by atoms with Crippen molar-refractivity contribution in [2.24, 2.45) is 11.8 Å². The minimum absolute atomic E-state index is 0.121. The van der Waals surface area contributed by atoms with Crippen LogP contribution in [0.4, 0.5) is 0 Å². The summed E-state index contributed by atoms with van der Waals surface area (Å²) in [5.74, 6) is 5.10. The Balaban J connectivity index is 2.03. The molecule has 1 aromatic carbocycles. The minimum Gasteiger partial charge on any atom is -0.338 e. The number of carbonyl (C=O) groups is 2. The predicted octanol–water partition coefficient (Wildman–Crippen LogP) is 1.05. The fourth-order valence-electron chi connectivity index (χ4n) is 2.36. The number of hydrazine groups is 1. The van der Waals surface area contributed by atoms with Crippen molar-refractivity contribution >= 4 is 11.8 Å². The molecular formula is C14H19N3O2. The zero-order valence-corrected chi connectivity index (χ0v) is 11.1. The van der Waals surface area contributed by atoms with Gasteiger partial charge in [-0.15, -0.1) is 0 Å². The van der Waals surface area contributed by atoms with Gasteiger partial charge in [0.25, 0.3) is 5.91 Å². The van der Waals surface area contributed by atoms with Gasteiger partial charge in [0.15, 0.2) is 0 Å². The van der Waals surface area contributed by atoms with Gasteiger partial charge in [0.2, 0.25) is 5.91 Å². The topological polar surface area (TPSA) is 75.4 Å². The number of benzene rings is 1. The number of nitrogens with one attached hydrogen (secondary N) is 1. The van der Waals surface area contributed by atoms with Crippen molar-refractivity contribution in [3.05, 3.63) is 35.4 Å². The summed E-state index contributed by atoms with van der Waals surface area (Å²) in [5, 5.41) is 0. The third-order valence-corrected chi connectivity index (χ3v) is 3.52. The van der Waals surface area contributed by atoms with E-state index in [9.17, 15) is 9.59 Å². The molecule has 1 heterocycles. The van der Waals surface area contributed by atoms with Crippen molar-refractivity contribution in [1.29, 1.82) is 0 Å². The molecule has 3 N–H and O–H groups in total. The lowest BCUT2D eigenvalue weighted by Gasteiger charge is -2.30. The van der Waals surface area contributed by atoms with Crippen LogP contribution in [-0.4, -0.2) is 23.3 Å². The van der Waals surface area contributed by atoms with Crippen molar-refractivity contribution in [2.45, 2.75) is 26.3 Å². The van der Waals surface area contributed by atoms with Crippen LogP contribution in [0.25, 0.3) is 0 Å². The molecule has 0 aliphatic carbocycles. The Kier molecular flexibility index (Phi) is 4.16. The monoisotopic (exact) mass is 261 g/mol. The fraction of sp³-hybridized carbons (Fsp3) is 0.429. The summed E-state index contributed by atoms with van der Waals surface area (Å²) in [7, 11) is 0. The van der Waals surface area contributed by atoms with E-state index in [1.807, 2.05) is 24.0 Å². The summed E-state index contributed by atoms with van der Waals surface area (Å²) in [6.07, 6.45) is 2.03. The van der Waals surface area contributed by atoms with E-state index in [4.69, 9.17) is 5.84 Å². The van der Waals surface area contributed by atoms with E-state index in [0.29, 0.717) is 12.1 Å². The Bertz CT molecular complexity index is 470. The summed E-state index contributed by atoms with van der Waals surface area (Å²) in [6.45, 7) is 3.39. The molecule has 0 bridgehead atoms. The molecule has 2 amide bonds. The first kappa shape index (κ1) is 13.5. The van der Waals surface area contributed by atoms with Crippen LogP contribution in [-0.2, 0) is 11.3 Å². The summed E-state index contributed by atoms with van der Waals surface area (Å²) in [5.41, 5.74) is 3.63. The molecular weight excluding hydrogens is 242 g/mol. The molecule has 5 heteroatoms. The van der Waals surface area contributed by atoms with E-state index in [-0.39, 0.29) is 17.7 Å². The first-order valence-electron chi connectivity index (χ1n) is 6.50. The van der Waals surface area contributed by atoms with E-state index in [1.54, 1.807) is 12.1 Å². The van der Waals surface area contributed by atoms with Gasteiger partial charge in [-0.3, -0.25) is 15.0 Å². The average Bonchev–Trinajstić information content (AvgIpc) is 2.44. The van der Waals surface area contributed by atoms with E-state index in [0.717, 1.165) is 24.9 Å². The summed E-state index contributed by atoms with van der Waals surface area (Å²) in [6, 6.07) is 7.15. The van der Waals surface area contributed by atoms with E-state index in [1.165, 1.54) is 0 Å². The summed E-state index contributed by atoms with van der Waals surface area (Å²) >= 11 is 0. The van der Waals surface area contributed by atoms with Crippen LogP contribution >= 0.6 is 0 Å². The van der Waals surface area contributed by atoms with Crippen LogP contribution in [0.1, 0.15) is 35.7 Å². The van der Waals surface area contributed by atoms with Gasteiger partial charge in [0, 0.05) is 24.6 Å². The number of nitrogens with two attached hydrogens (primary N) is 1. The number of likely N-dealkylation sites (tertiary alicyclic amines) is 1. The third-order valence-electron chi connectivity index (χ3n) is 3.52.